The normalized spacial score (nSPS) is 27.9. The van der Waals surface area contributed by atoms with Crippen LogP contribution < -0.4 is 10.5 Å². The fourth-order valence-electron chi connectivity index (χ4n) is 8.19. The van der Waals surface area contributed by atoms with Crippen molar-refractivity contribution < 1.29 is 34.4 Å². The Labute approximate surface area is 266 Å². The number of Topliss-reactive ketones (excluding diaryl/α,β-unsaturated/α-hetero) is 2. The van der Waals surface area contributed by atoms with Crippen LogP contribution in [-0.2, 0) is 20.9 Å². The minimum Gasteiger partial charge on any atom is -0.507 e. The van der Waals surface area contributed by atoms with E-state index in [1.54, 1.807) is 40.3 Å². The first-order valence-corrected chi connectivity index (χ1v) is 15.4. The predicted molar refractivity (Wildman–Crippen MR) is 169 cm³/mol. The smallest absolute Gasteiger partial charge is 0.254 e. The van der Waals surface area contributed by atoms with E-state index in [9.17, 15) is 34.6 Å². The van der Waals surface area contributed by atoms with Crippen LogP contribution in [0.15, 0.2) is 52.4 Å². The molecule has 3 unspecified atom stereocenters. The van der Waals surface area contributed by atoms with E-state index in [0.29, 0.717) is 23.2 Å². The fourth-order valence-corrected chi connectivity index (χ4v) is 8.19. The van der Waals surface area contributed by atoms with Crippen molar-refractivity contribution in [3.63, 3.8) is 0 Å². The lowest BCUT2D eigenvalue weighted by atomic mass is 9.55. The number of likely N-dealkylation sites (tertiary alicyclic amines) is 1. The highest BCUT2D eigenvalue weighted by atomic mass is 16.5. The van der Waals surface area contributed by atoms with Crippen LogP contribution in [-0.4, -0.2) is 89.0 Å². The first kappa shape index (κ1) is 31.6. The van der Waals surface area contributed by atoms with Crippen LogP contribution in [0.5, 0.6) is 11.5 Å². The van der Waals surface area contributed by atoms with Crippen LogP contribution in [0.1, 0.15) is 42.4 Å². The van der Waals surface area contributed by atoms with Crippen LogP contribution >= 0.6 is 0 Å². The molecule has 12 nitrogen and oxygen atoms in total. The Hall–Kier alpha value is -4.39. The number of benzene rings is 2. The number of ether oxygens (including phenoxy) is 1. The number of phenolic OH excluding ortho intramolecular Hbond substituents is 1. The third kappa shape index (κ3) is 4.66. The second-order valence-corrected chi connectivity index (χ2v) is 12.9. The summed E-state index contributed by atoms with van der Waals surface area (Å²) in [4.78, 5) is 56.0. The number of nitrogens with zero attached hydrogens (tertiary/aromatic N) is 3. The van der Waals surface area contributed by atoms with E-state index in [1.165, 1.54) is 4.90 Å². The minimum absolute atomic E-state index is 0.0421. The van der Waals surface area contributed by atoms with Gasteiger partial charge in [0.05, 0.1) is 30.7 Å². The maximum absolute atomic E-state index is 14.2. The number of methoxy groups -OCH3 is 1. The number of ketones is 2. The van der Waals surface area contributed by atoms with Crippen molar-refractivity contribution in [2.24, 2.45) is 28.7 Å². The van der Waals surface area contributed by atoms with Gasteiger partial charge in [0, 0.05) is 35.1 Å². The zero-order chi connectivity index (χ0) is 33.2. The summed E-state index contributed by atoms with van der Waals surface area (Å²) in [6.07, 6.45) is 0.862. The highest BCUT2D eigenvalue weighted by Gasteiger charge is 2.61. The van der Waals surface area contributed by atoms with E-state index in [4.69, 9.17) is 10.5 Å². The number of phenols is 1. The number of rotatable bonds is 7. The zero-order valence-corrected chi connectivity index (χ0v) is 26.2. The van der Waals surface area contributed by atoms with Gasteiger partial charge < -0.3 is 30.7 Å². The van der Waals surface area contributed by atoms with Gasteiger partial charge in [-0.25, -0.2) is 0 Å². The van der Waals surface area contributed by atoms with Crippen LogP contribution in [0.4, 0.5) is 0 Å². The largest absolute Gasteiger partial charge is 0.507 e. The monoisotopic (exact) mass is 630 g/mol. The van der Waals surface area contributed by atoms with Crippen LogP contribution in [0.2, 0.25) is 0 Å². The molecule has 0 aromatic heterocycles. The van der Waals surface area contributed by atoms with Crippen molar-refractivity contribution in [3.8, 4) is 22.6 Å². The number of hydrogen-bond acceptors (Lipinski definition) is 11. The Kier molecular flexibility index (Phi) is 8.07. The molecule has 1 aliphatic heterocycles. The third-order valence-corrected chi connectivity index (χ3v) is 10.3. The molecule has 0 bridgehead atoms. The lowest BCUT2D eigenvalue weighted by Gasteiger charge is -2.50. The number of nitrogens with two attached hydrogens (primary N) is 1. The third-order valence-electron chi connectivity index (χ3n) is 10.3. The molecular weight excluding hydrogens is 592 g/mol. The molecule has 2 aromatic carbocycles. The average molecular weight is 631 g/mol. The lowest BCUT2D eigenvalue weighted by molar-refractivity contribution is -0.142. The van der Waals surface area contributed by atoms with Gasteiger partial charge in [0.15, 0.2) is 11.6 Å². The molecule has 1 heterocycles. The number of primary amides is 1. The molecular formula is C34H38N4O8. The molecule has 242 valence electrons. The van der Waals surface area contributed by atoms with E-state index in [2.05, 4.69) is 10.1 Å². The zero-order valence-electron chi connectivity index (χ0n) is 26.2. The molecule has 1 saturated heterocycles. The Morgan fingerprint density at radius 2 is 1.80 bits per heavy atom. The topological polar surface area (TPSA) is 183 Å². The average Bonchev–Trinajstić information content (AvgIpc) is 3.53. The summed E-state index contributed by atoms with van der Waals surface area (Å²) in [5.41, 5.74) is 6.76. The molecule has 46 heavy (non-hydrogen) atoms. The minimum atomic E-state index is -1.60. The Morgan fingerprint density at radius 3 is 2.41 bits per heavy atom. The molecule has 4 aliphatic rings. The van der Waals surface area contributed by atoms with Gasteiger partial charge in [-0.3, -0.25) is 19.3 Å². The number of hydrogen-bond donors (Lipinski definition) is 4. The number of aliphatic hydroxyl groups is 2. The summed E-state index contributed by atoms with van der Waals surface area (Å²) in [6.45, 7) is 4.42. The van der Waals surface area contributed by atoms with Gasteiger partial charge in [-0.15, -0.1) is 4.91 Å². The van der Waals surface area contributed by atoms with Crippen molar-refractivity contribution in [2.75, 3.05) is 34.3 Å². The van der Waals surface area contributed by atoms with E-state index >= 15 is 0 Å². The van der Waals surface area contributed by atoms with E-state index in [-0.39, 0.29) is 16.9 Å². The summed E-state index contributed by atoms with van der Waals surface area (Å²) in [5.74, 6) is -7.39. The van der Waals surface area contributed by atoms with Crippen molar-refractivity contribution in [2.45, 2.75) is 44.4 Å². The number of likely N-dealkylation sites (N-methyl/N-ethyl adjacent to an activating group) is 1. The second-order valence-electron chi connectivity index (χ2n) is 12.9. The highest BCUT2D eigenvalue weighted by molar-refractivity contribution is 6.28. The molecule has 1 amide bonds. The fraction of sp³-hybridized carbons (Fsp3) is 0.441. The molecule has 3 aliphatic carbocycles. The first-order valence-electron chi connectivity index (χ1n) is 15.4. The van der Waals surface area contributed by atoms with Crippen LogP contribution in [0, 0.1) is 22.7 Å². The number of aromatic hydroxyl groups is 1. The Bertz CT molecular complexity index is 1720. The Balaban J connectivity index is 1.48. The van der Waals surface area contributed by atoms with Crippen LogP contribution in [0.3, 0.4) is 0 Å². The highest BCUT2D eigenvalue weighted by Crippen LogP contribution is 2.55. The Morgan fingerprint density at radius 1 is 1.11 bits per heavy atom. The predicted octanol–water partition coefficient (Wildman–Crippen LogP) is 2.86. The summed E-state index contributed by atoms with van der Waals surface area (Å²) in [5, 5.41) is 38.3. The van der Waals surface area contributed by atoms with Gasteiger partial charge in [-0.1, -0.05) is 25.1 Å². The first-order chi connectivity index (χ1) is 21.9. The van der Waals surface area contributed by atoms with Crippen LogP contribution in [0.25, 0.3) is 16.9 Å². The summed E-state index contributed by atoms with van der Waals surface area (Å²) in [7, 11) is 4.77. The van der Waals surface area contributed by atoms with E-state index in [1.807, 2.05) is 18.2 Å². The molecule has 0 spiro atoms. The number of fused-ring (bicyclic) bond motifs is 3. The number of amides is 1. The van der Waals surface area contributed by atoms with Gasteiger partial charge in [0.1, 0.15) is 28.5 Å². The molecule has 6 rings (SSSR count). The van der Waals surface area contributed by atoms with Gasteiger partial charge in [0.25, 0.3) is 5.91 Å². The number of nitroso groups, excluding NO2 is 1. The molecule has 12 heteroatoms. The SMILES string of the molecule is COc1ccc(-c2ccc3c(c2O)C(O)=C2C(=O)C4C(=O)C(C(N)=O)=C(N=O)[C@@H](N(C)C)C4[C@@H](O)C2[C@H]3C)cc1CN1CCCC1. The molecule has 2 fully saturated rings. The second kappa shape index (κ2) is 11.8. The number of carbonyl (C=O) groups is 3. The van der Waals surface area contributed by atoms with Gasteiger partial charge in [-0.2, -0.15) is 0 Å². The standard InChI is InChI=1S/C34H38N4O8/c1-15-18-8-9-19(16-7-10-20(46-4)17(13-16)14-38-11-5-6-12-38)29(39)22(18)31(41)24-21(15)30(40)23-25(32(24)42)33(43)26(34(35)44)27(36-45)28(23)37(2)3/h7-10,13,15,21,23,25,28,30,39-41H,5-6,11-12,14H2,1-4H3,(H2,35,44)/t15-,21?,23?,25?,28-,30-/m0/s1. The molecule has 5 N–H and O–H groups in total. The summed E-state index contributed by atoms with van der Waals surface area (Å²) in [6, 6.07) is 8.02. The maximum atomic E-state index is 14.2. The van der Waals surface area contributed by atoms with Gasteiger partial charge in [-0.05, 0) is 74.4 Å². The summed E-state index contributed by atoms with van der Waals surface area (Å²) < 4.78 is 5.61. The summed E-state index contributed by atoms with van der Waals surface area (Å²) >= 11 is 0. The number of carbonyl (C=O) groups excluding carboxylic acids is 3. The molecule has 0 radical (unpaired) electrons. The van der Waals surface area contributed by atoms with E-state index < -0.39 is 70.3 Å². The number of aliphatic hydroxyl groups excluding tert-OH is 2. The molecule has 6 atom stereocenters. The van der Waals surface area contributed by atoms with E-state index in [0.717, 1.165) is 37.2 Å². The quantitative estimate of drug-likeness (QED) is 0.202. The maximum Gasteiger partial charge on any atom is 0.254 e. The van der Waals surface area contributed by atoms with Crippen molar-refractivity contribution in [1.29, 1.82) is 0 Å². The van der Waals surface area contributed by atoms with Crippen molar-refractivity contribution in [1.82, 2.24) is 9.80 Å². The van der Waals surface area contributed by atoms with Crippen molar-refractivity contribution >= 4 is 23.2 Å². The van der Waals surface area contributed by atoms with Gasteiger partial charge >= 0.3 is 0 Å². The lowest BCUT2D eigenvalue weighted by Crippen LogP contribution is -2.61. The van der Waals surface area contributed by atoms with Crippen molar-refractivity contribution in [3.05, 3.63) is 68.8 Å². The molecule has 2 aromatic rings. The molecule has 1 saturated carbocycles. The van der Waals surface area contributed by atoms with Gasteiger partial charge in [0.2, 0.25) is 0 Å².